The zero-order valence-electron chi connectivity index (χ0n) is 18.4. The van der Waals surface area contributed by atoms with Gasteiger partial charge in [-0.05, 0) is 62.8 Å². The van der Waals surface area contributed by atoms with Gasteiger partial charge in [-0.15, -0.1) is 23.2 Å². The second-order valence-electron chi connectivity index (χ2n) is 8.24. The number of hydrogen-bond acceptors (Lipinski definition) is 2. The average Bonchev–Trinajstić information content (AvgIpc) is 2.75. The van der Waals surface area contributed by atoms with Gasteiger partial charge in [-0.1, -0.05) is 54.6 Å². The smallest absolute Gasteiger partial charge is 0.0587 e. The summed E-state index contributed by atoms with van der Waals surface area (Å²) in [6.07, 6.45) is 4.44. The van der Waals surface area contributed by atoms with Crippen LogP contribution in [0.15, 0.2) is 54.6 Å². The van der Waals surface area contributed by atoms with E-state index in [4.69, 9.17) is 28.5 Å². The van der Waals surface area contributed by atoms with E-state index >= 15 is 0 Å². The molecule has 2 aromatic carbocycles. The Kier molecular flexibility index (Phi) is 10.7. The lowest BCUT2D eigenvalue weighted by atomic mass is 9.78. The predicted octanol–water partition coefficient (Wildman–Crippen LogP) is 6.80. The summed E-state index contributed by atoms with van der Waals surface area (Å²) in [4.78, 5) is 2.59. The molecule has 30 heavy (non-hydrogen) atoms. The van der Waals surface area contributed by atoms with Crippen molar-refractivity contribution < 1.29 is 0 Å². The molecule has 0 radical (unpaired) electrons. The van der Waals surface area contributed by atoms with Gasteiger partial charge in [0.05, 0.1) is 16.8 Å². The molecule has 1 aliphatic rings. The van der Waals surface area contributed by atoms with Gasteiger partial charge in [-0.2, -0.15) is 5.26 Å². The normalized spacial score (nSPS) is 20.3. The highest BCUT2D eigenvalue weighted by molar-refractivity contribution is 6.31. The van der Waals surface area contributed by atoms with Crippen molar-refractivity contribution in [3.63, 3.8) is 0 Å². The van der Waals surface area contributed by atoms with E-state index < -0.39 is 0 Å². The van der Waals surface area contributed by atoms with Gasteiger partial charge in [0, 0.05) is 25.4 Å². The van der Waals surface area contributed by atoms with Gasteiger partial charge in [0.15, 0.2) is 0 Å². The molecule has 1 saturated carbocycles. The highest BCUT2D eigenvalue weighted by atomic mass is 35.5. The van der Waals surface area contributed by atoms with Gasteiger partial charge >= 0.3 is 0 Å². The Bertz CT molecular complexity index is 768. The Hall–Kier alpha value is -1.53. The number of nitriles is 1. The number of benzene rings is 2. The number of aryl methyl sites for hydroxylation is 1. The highest BCUT2D eigenvalue weighted by Crippen LogP contribution is 2.44. The zero-order valence-corrected chi connectivity index (χ0v) is 19.9. The van der Waals surface area contributed by atoms with Crippen LogP contribution in [0.4, 0.5) is 0 Å². The second kappa shape index (κ2) is 13.0. The van der Waals surface area contributed by atoms with Gasteiger partial charge in [0.25, 0.3) is 0 Å². The topological polar surface area (TPSA) is 27.0 Å². The standard InChI is InChI=1S/C24H31Cl2N.C2H3N/c1-18(2)27(16-14-19-7-4-3-5-8-19)15-6-9-20-10-12-21(13-11-20)22-17-23(25)24(22)26;1-2-3/h3-5,7-8,10-13,18,22-24H,6,9,14-17H2,1-2H3;1H3. The maximum Gasteiger partial charge on any atom is 0.0587 e. The summed E-state index contributed by atoms with van der Waals surface area (Å²) in [6.45, 7) is 8.29. The number of alkyl halides is 2. The summed E-state index contributed by atoms with van der Waals surface area (Å²) < 4.78 is 0. The number of nitrogens with zero attached hydrogens (tertiary/aromatic N) is 2. The summed E-state index contributed by atoms with van der Waals surface area (Å²) in [7, 11) is 0. The van der Waals surface area contributed by atoms with E-state index in [1.807, 2.05) is 0 Å². The molecule has 2 nitrogen and oxygen atoms in total. The van der Waals surface area contributed by atoms with Gasteiger partial charge in [0.1, 0.15) is 0 Å². The zero-order chi connectivity index (χ0) is 21.9. The highest BCUT2D eigenvalue weighted by Gasteiger charge is 2.39. The fraction of sp³-hybridized carbons (Fsp3) is 0.500. The minimum absolute atomic E-state index is 0.0849. The molecule has 1 aliphatic carbocycles. The molecule has 0 saturated heterocycles. The molecule has 0 aliphatic heterocycles. The van der Waals surface area contributed by atoms with Crippen molar-refractivity contribution in [3.8, 4) is 6.07 Å². The first kappa shape index (κ1) is 24.7. The molecule has 4 heteroatoms. The summed E-state index contributed by atoms with van der Waals surface area (Å²) in [5, 5.41) is 7.54. The minimum Gasteiger partial charge on any atom is -0.301 e. The quantitative estimate of drug-likeness (QED) is 0.397. The molecule has 0 spiro atoms. The Morgan fingerprint density at radius 3 is 2.10 bits per heavy atom. The van der Waals surface area contributed by atoms with Crippen LogP contribution in [0, 0.1) is 11.3 Å². The average molecular weight is 445 g/mol. The lowest BCUT2D eigenvalue weighted by molar-refractivity contribution is 0.222. The summed E-state index contributed by atoms with van der Waals surface area (Å²) in [5.41, 5.74) is 4.17. The van der Waals surface area contributed by atoms with Crippen LogP contribution in [0.5, 0.6) is 0 Å². The SMILES string of the molecule is CC#N.CC(C)N(CCCc1ccc(C2CC(Cl)C2Cl)cc1)CCc1ccccc1. The maximum atomic E-state index is 7.32. The van der Waals surface area contributed by atoms with Crippen molar-refractivity contribution in [1.29, 1.82) is 5.26 Å². The summed E-state index contributed by atoms with van der Waals surface area (Å²) in [5.74, 6) is 0.428. The van der Waals surface area contributed by atoms with Crippen molar-refractivity contribution in [3.05, 3.63) is 71.3 Å². The minimum atomic E-state index is 0.0849. The maximum absolute atomic E-state index is 7.32. The van der Waals surface area contributed by atoms with E-state index in [1.165, 1.54) is 30.0 Å². The third-order valence-electron chi connectivity index (χ3n) is 5.79. The number of rotatable bonds is 9. The molecular weight excluding hydrogens is 411 g/mol. The van der Waals surface area contributed by atoms with Crippen LogP contribution in [-0.2, 0) is 12.8 Å². The van der Waals surface area contributed by atoms with Crippen molar-refractivity contribution in [2.24, 2.45) is 0 Å². The first-order valence-corrected chi connectivity index (χ1v) is 11.8. The molecule has 0 bridgehead atoms. The first-order chi connectivity index (χ1) is 14.5. The van der Waals surface area contributed by atoms with Gasteiger partial charge in [-0.3, -0.25) is 0 Å². The number of halogens is 2. The van der Waals surface area contributed by atoms with Crippen molar-refractivity contribution in [2.45, 2.75) is 69.2 Å². The fourth-order valence-electron chi connectivity index (χ4n) is 3.84. The largest absolute Gasteiger partial charge is 0.301 e. The van der Waals surface area contributed by atoms with Crippen LogP contribution in [0.1, 0.15) is 56.2 Å². The Labute approximate surface area is 192 Å². The molecule has 3 atom stereocenters. The van der Waals surface area contributed by atoms with Gasteiger partial charge in [-0.25, -0.2) is 0 Å². The molecular formula is C26H34Cl2N2. The third-order valence-corrected chi connectivity index (χ3v) is 6.98. The fourth-order valence-corrected chi connectivity index (χ4v) is 4.56. The van der Waals surface area contributed by atoms with Crippen LogP contribution >= 0.6 is 23.2 Å². The van der Waals surface area contributed by atoms with E-state index in [-0.39, 0.29) is 10.8 Å². The summed E-state index contributed by atoms with van der Waals surface area (Å²) in [6, 6.07) is 22.1. The van der Waals surface area contributed by atoms with E-state index in [1.54, 1.807) is 6.07 Å². The second-order valence-corrected chi connectivity index (χ2v) is 9.30. The molecule has 2 aromatic rings. The van der Waals surface area contributed by atoms with Gasteiger partial charge < -0.3 is 4.90 Å². The lowest BCUT2D eigenvalue weighted by Crippen LogP contribution is -2.36. The summed E-state index contributed by atoms with van der Waals surface area (Å²) >= 11 is 12.5. The predicted molar refractivity (Wildman–Crippen MR) is 130 cm³/mol. The van der Waals surface area contributed by atoms with Crippen LogP contribution in [0.25, 0.3) is 0 Å². The Balaban J connectivity index is 0.00000101. The number of hydrogen-bond donors (Lipinski definition) is 0. The van der Waals surface area contributed by atoms with Crippen LogP contribution in [-0.4, -0.2) is 34.8 Å². The lowest BCUT2D eigenvalue weighted by Gasteiger charge is -2.37. The van der Waals surface area contributed by atoms with Gasteiger partial charge in [0.2, 0.25) is 0 Å². The van der Waals surface area contributed by atoms with Crippen LogP contribution in [0.2, 0.25) is 0 Å². The third kappa shape index (κ3) is 7.62. The van der Waals surface area contributed by atoms with Crippen LogP contribution in [0.3, 0.4) is 0 Å². The van der Waals surface area contributed by atoms with Crippen molar-refractivity contribution in [1.82, 2.24) is 4.90 Å². The molecule has 1 fully saturated rings. The van der Waals surface area contributed by atoms with E-state index in [2.05, 4.69) is 73.3 Å². The molecule has 0 N–H and O–H groups in total. The Morgan fingerprint density at radius 1 is 0.967 bits per heavy atom. The Morgan fingerprint density at radius 2 is 1.57 bits per heavy atom. The molecule has 162 valence electrons. The molecule has 3 rings (SSSR count). The van der Waals surface area contributed by atoms with E-state index in [9.17, 15) is 0 Å². The van der Waals surface area contributed by atoms with Crippen molar-refractivity contribution >= 4 is 23.2 Å². The van der Waals surface area contributed by atoms with E-state index in [0.717, 1.165) is 32.4 Å². The molecule has 0 heterocycles. The first-order valence-electron chi connectivity index (χ1n) is 10.9. The van der Waals surface area contributed by atoms with E-state index in [0.29, 0.717) is 12.0 Å². The molecule has 0 amide bonds. The monoisotopic (exact) mass is 444 g/mol. The van der Waals surface area contributed by atoms with Crippen LogP contribution < -0.4 is 0 Å². The van der Waals surface area contributed by atoms with Crippen molar-refractivity contribution in [2.75, 3.05) is 13.1 Å². The molecule has 0 aromatic heterocycles. The molecule has 3 unspecified atom stereocenters.